The third-order valence-corrected chi connectivity index (χ3v) is 8.28. The largest absolute Gasteiger partial charge is 0.350 e. The molecular formula is C29H33Cl2N3O4S. The Morgan fingerprint density at radius 2 is 1.56 bits per heavy atom. The fourth-order valence-electron chi connectivity index (χ4n) is 4.06. The fraction of sp³-hybridized carbons (Fsp3) is 0.310. The normalized spacial score (nSPS) is 12.5. The van der Waals surface area contributed by atoms with Crippen LogP contribution < -0.4 is 9.62 Å². The van der Waals surface area contributed by atoms with Crippen molar-refractivity contribution < 1.29 is 18.0 Å². The number of amides is 2. The average molecular weight is 591 g/mol. The van der Waals surface area contributed by atoms with Crippen molar-refractivity contribution >= 4 is 50.7 Å². The van der Waals surface area contributed by atoms with Gasteiger partial charge in [0.2, 0.25) is 11.8 Å². The molecule has 0 aliphatic heterocycles. The molecule has 1 N–H and O–H groups in total. The number of hydrogen-bond acceptors (Lipinski definition) is 4. The number of carbonyl (C=O) groups excluding carboxylic acids is 2. The van der Waals surface area contributed by atoms with Crippen LogP contribution in [0.3, 0.4) is 0 Å². The Kier molecular flexibility index (Phi) is 10.0. The molecule has 2 amide bonds. The lowest BCUT2D eigenvalue weighted by atomic mass is 10.1. The number of nitrogens with one attached hydrogen (secondary N) is 1. The van der Waals surface area contributed by atoms with E-state index in [0.717, 1.165) is 4.31 Å². The van der Waals surface area contributed by atoms with Crippen molar-refractivity contribution in [3.8, 4) is 0 Å². The van der Waals surface area contributed by atoms with E-state index in [2.05, 4.69) is 5.32 Å². The van der Waals surface area contributed by atoms with E-state index < -0.39 is 34.1 Å². The first-order chi connectivity index (χ1) is 18.3. The minimum Gasteiger partial charge on any atom is -0.350 e. The molecule has 0 unspecified atom stereocenters. The van der Waals surface area contributed by atoms with Crippen LogP contribution in [0, 0.1) is 0 Å². The smallest absolute Gasteiger partial charge is 0.264 e. The summed E-state index contributed by atoms with van der Waals surface area (Å²) in [5.41, 5.74) is 0.326. The highest BCUT2D eigenvalue weighted by Crippen LogP contribution is 2.27. The van der Waals surface area contributed by atoms with E-state index in [4.69, 9.17) is 23.2 Å². The molecule has 0 saturated carbocycles. The molecule has 0 spiro atoms. The van der Waals surface area contributed by atoms with Gasteiger partial charge in [-0.25, -0.2) is 8.42 Å². The number of benzene rings is 3. The second-order valence-corrected chi connectivity index (χ2v) is 12.8. The van der Waals surface area contributed by atoms with Gasteiger partial charge in [-0.3, -0.25) is 13.9 Å². The minimum absolute atomic E-state index is 0.0172. The molecule has 3 rings (SSSR count). The van der Waals surface area contributed by atoms with Gasteiger partial charge in [0, 0.05) is 22.1 Å². The molecule has 3 aromatic rings. The summed E-state index contributed by atoms with van der Waals surface area (Å²) in [5, 5.41) is 3.69. The molecule has 3 aromatic carbocycles. The Morgan fingerprint density at radius 3 is 2.15 bits per heavy atom. The average Bonchev–Trinajstić information content (AvgIpc) is 2.87. The Morgan fingerprint density at radius 1 is 0.923 bits per heavy atom. The van der Waals surface area contributed by atoms with Gasteiger partial charge in [0.05, 0.1) is 10.6 Å². The first-order valence-electron chi connectivity index (χ1n) is 12.5. The predicted molar refractivity (Wildman–Crippen MR) is 156 cm³/mol. The van der Waals surface area contributed by atoms with Gasteiger partial charge in [0.1, 0.15) is 12.6 Å². The molecule has 0 heterocycles. The van der Waals surface area contributed by atoms with Crippen LogP contribution in [0.5, 0.6) is 0 Å². The quantitative estimate of drug-likeness (QED) is 0.318. The third kappa shape index (κ3) is 7.97. The van der Waals surface area contributed by atoms with Gasteiger partial charge in [0.25, 0.3) is 10.0 Å². The topological polar surface area (TPSA) is 86.8 Å². The summed E-state index contributed by atoms with van der Waals surface area (Å²) in [5.74, 6) is -0.907. The zero-order valence-corrected chi connectivity index (χ0v) is 24.7. The molecule has 0 bridgehead atoms. The van der Waals surface area contributed by atoms with Crippen LogP contribution in [0.25, 0.3) is 0 Å². The first kappa shape index (κ1) is 30.5. The molecular weight excluding hydrogens is 557 g/mol. The van der Waals surface area contributed by atoms with Gasteiger partial charge in [0.15, 0.2) is 0 Å². The summed E-state index contributed by atoms with van der Waals surface area (Å²) in [6, 6.07) is 20.3. The van der Waals surface area contributed by atoms with Crippen molar-refractivity contribution in [2.75, 3.05) is 10.8 Å². The van der Waals surface area contributed by atoms with Gasteiger partial charge in [-0.1, -0.05) is 72.6 Å². The van der Waals surface area contributed by atoms with Gasteiger partial charge in [-0.15, -0.1) is 0 Å². The van der Waals surface area contributed by atoms with E-state index in [1.165, 1.54) is 23.1 Å². The molecule has 0 fully saturated rings. The molecule has 7 nitrogen and oxygen atoms in total. The maximum atomic E-state index is 14.0. The Labute approximate surface area is 240 Å². The van der Waals surface area contributed by atoms with E-state index in [1.54, 1.807) is 67.6 Å². The van der Waals surface area contributed by atoms with Crippen LogP contribution in [-0.4, -0.2) is 43.3 Å². The van der Waals surface area contributed by atoms with Gasteiger partial charge in [-0.2, -0.15) is 0 Å². The van der Waals surface area contributed by atoms with E-state index in [9.17, 15) is 18.0 Å². The molecule has 10 heteroatoms. The van der Waals surface area contributed by atoms with Crippen LogP contribution in [0.1, 0.15) is 39.7 Å². The fourth-order valence-corrected chi connectivity index (χ4v) is 5.87. The zero-order chi connectivity index (χ0) is 28.8. The van der Waals surface area contributed by atoms with Crippen molar-refractivity contribution in [3.05, 3.63) is 94.5 Å². The lowest BCUT2D eigenvalue weighted by Crippen LogP contribution is -2.55. The number of anilines is 1. The second-order valence-electron chi connectivity index (χ2n) is 10.1. The molecule has 1 atom stereocenters. The Balaban J connectivity index is 2.08. The van der Waals surface area contributed by atoms with Gasteiger partial charge >= 0.3 is 0 Å². The van der Waals surface area contributed by atoms with E-state index in [1.807, 2.05) is 20.8 Å². The van der Waals surface area contributed by atoms with Crippen molar-refractivity contribution in [3.63, 3.8) is 0 Å². The standard InChI is InChI=1S/C29H33Cl2N3O4S/c1-5-26(28(36)32-29(2,3)4)33(19-21-12-9-10-17-25(21)31)27(35)20-34(23-14-11-13-22(30)18-23)39(37,38)24-15-7-6-8-16-24/h6-18,26H,5,19-20H2,1-4H3,(H,32,36)/t26-/m0/s1. The van der Waals surface area contributed by atoms with Crippen molar-refractivity contribution in [1.29, 1.82) is 0 Å². The summed E-state index contributed by atoms with van der Waals surface area (Å²) < 4.78 is 28.6. The Hall–Kier alpha value is -3.07. The van der Waals surface area contributed by atoms with Crippen LogP contribution in [0.2, 0.25) is 10.0 Å². The molecule has 208 valence electrons. The number of rotatable bonds is 10. The molecule has 0 aromatic heterocycles. The molecule has 0 aliphatic rings. The number of carbonyl (C=O) groups is 2. The van der Waals surface area contributed by atoms with Crippen LogP contribution in [0.4, 0.5) is 5.69 Å². The summed E-state index contributed by atoms with van der Waals surface area (Å²) in [6.45, 7) is 6.82. The first-order valence-corrected chi connectivity index (χ1v) is 14.7. The summed E-state index contributed by atoms with van der Waals surface area (Å²) >= 11 is 12.6. The summed E-state index contributed by atoms with van der Waals surface area (Å²) in [4.78, 5) is 28.8. The summed E-state index contributed by atoms with van der Waals surface area (Å²) in [6.07, 6.45) is 0.306. The molecule has 0 saturated heterocycles. The lowest BCUT2D eigenvalue weighted by Gasteiger charge is -2.35. The molecule has 0 radical (unpaired) electrons. The van der Waals surface area contributed by atoms with E-state index in [0.29, 0.717) is 22.0 Å². The second kappa shape index (κ2) is 12.9. The van der Waals surface area contributed by atoms with Crippen LogP contribution >= 0.6 is 23.2 Å². The SMILES string of the molecule is CC[C@@H](C(=O)NC(C)(C)C)N(Cc1ccccc1Cl)C(=O)CN(c1cccc(Cl)c1)S(=O)(=O)c1ccccc1. The van der Waals surface area contributed by atoms with Crippen LogP contribution in [0.15, 0.2) is 83.8 Å². The number of hydrogen-bond donors (Lipinski definition) is 1. The van der Waals surface area contributed by atoms with Crippen LogP contribution in [-0.2, 0) is 26.2 Å². The Bertz CT molecular complexity index is 1410. The molecule has 0 aliphatic carbocycles. The van der Waals surface area contributed by atoms with E-state index in [-0.39, 0.29) is 23.0 Å². The van der Waals surface area contributed by atoms with Crippen molar-refractivity contribution in [2.24, 2.45) is 0 Å². The highest BCUT2D eigenvalue weighted by atomic mass is 35.5. The summed E-state index contributed by atoms with van der Waals surface area (Å²) in [7, 11) is -4.16. The predicted octanol–water partition coefficient (Wildman–Crippen LogP) is 5.91. The zero-order valence-electron chi connectivity index (χ0n) is 22.4. The highest BCUT2D eigenvalue weighted by Gasteiger charge is 2.34. The third-order valence-electron chi connectivity index (χ3n) is 5.89. The van der Waals surface area contributed by atoms with Gasteiger partial charge < -0.3 is 10.2 Å². The minimum atomic E-state index is -4.16. The lowest BCUT2D eigenvalue weighted by molar-refractivity contribution is -0.141. The highest BCUT2D eigenvalue weighted by molar-refractivity contribution is 7.92. The van der Waals surface area contributed by atoms with Crippen molar-refractivity contribution in [1.82, 2.24) is 10.2 Å². The maximum Gasteiger partial charge on any atom is 0.264 e. The maximum absolute atomic E-state index is 14.0. The monoisotopic (exact) mass is 589 g/mol. The van der Waals surface area contributed by atoms with Gasteiger partial charge in [-0.05, 0) is 69.2 Å². The van der Waals surface area contributed by atoms with Crippen molar-refractivity contribution in [2.45, 2.75) is 57.1 Å². The molecule has 39 heavy (non-hydrogen) atoms. The number of halogens is 2. The van der Waals surface area contributed by atoms with E-state index >= 15 is 0 Å². The number of nitrogens with zero attached hydrogens (tertiary/aromatic N) is 2. The number of sulfonamides is 1.